The van der Waals surface area contributed by atoms with Gasteiger partial charge in [-0.3, -0.25) is 0 Å². The quantitative estimate of drug-likeness (QED) is 0.924. The summed E-state index contributed by atoms with van der Waals surface area (Å²) in [5.41, 5.74) is 1.33. The average molecular weight is 295 g/mol. The molecule has 3 nitrogen and oxygen atoms in total. The van der Waals surface area contributed by atoms with Crippen molar-refractivity contribution in [2.75, 3.05) is 11.6 Å². The van der Waals surface area contributed by atoms with Gasteiger partial charge in [0.05, 0.1) is 4.90 Å². The predicted molar refractivity (Wildman–Crippen MR) is 83.8 cm³/mol. The fourth-order valence-electron chi connectivity index (χ4n) is 3.19. The Morgan fingerprint density at radius 2 is 2.00 bits per heavy atom. The van der Waals surface area contributed by atoms with Crippen molar-refractivity contribution in [2.24, 2.45) is 11.3 Å². The number of hydrogen-bond acceptors (Lipinski definition) is 3. The Labute approximate surface area is 122 Å². The molecular formula is C16H25NO2S. The van der Waals surface area contributed by atoms with Crippen LogP contribution in [0.3, 0.4) is 0 Å². The lowest BCUT2D eigenvalue weighted by atomic mass is 9.70. The molecule has 0 saturated heterocycles. The van der Waals surface area contributed by atoms with E-state index in [-0.39, 0.29) is 0 Å². The van der Waals surface area contributed by atoms with Crippen molar-refractivity contribution in [3.8, 4) is 0 Å². The number of nitrogens with one attached hydrogen (secondary N) is 1. The number of hydrogen-bond donors (Lipinski definition) is 1. The maximum atomic E-state index is 11.6. The van der Waals surface area contributed by atoms with Crippen molar-refractivity contribution < 1.29 is 8.42 Å². The molecule has 2 atom stereocenters. The van der Waals surface area contributed by atoms with Gasteiger partial charge in [-0.2, -0.15) is 0 Å². The Morgan fingerprint density at radius 3 is 2.60 bits per heavy atom. The van der Waals surface area contributed by atoms with Gasteiger partial charge in [-0.25, -0.2) is 8.42 Å². The summed E-state index contributed by atoms with van der Waals surface area (Å²) in [6.07, 6.45) is 4.80. The van der Waals surface area contributed by atoms with Crippen LogP contribution in [0.2, 0.25) is 0 Å². The molecule has 1 aliphatic rings. The van der Waals surface area contributed by atoms with E-state index in [2.05, 4.69) is 26.1 Å². The van der Waals surface area contributed by atoms with Crippen molar-refractivity contribution in [2.45, 2.75) is 51.0 Å². The lowest BCUT2D eigenvalue weighted by Gasteiger charge is -2.40. The van der Waals surface area contributed by atoms with Gasteiger partial charge in [-0.1, -0.05) is 26.8 Å². The molecule has 0 amide bonds. The van der Waals surface area contributed by atoms with Gasteiger partial charge in [0.25, 0.3) is 0 Å². The minimum absolute atomic E-state index is 0.381. The molecule has 0 bridgehead atoms. The Morgan fingerprint density at radius 1 is 1.30 bits per heavy atom. The lowest BCUT2D eigenvalue weighted by molar-refractivity contribution is 0.177. The van der Waals surface area contributed by atoms with Crippen LogP contribution >= 0.6 is 0 Å². The van der Waals surface area contributed by atoms with E-state index in [0.717, 1.165) is 12.1 Å². The number of sulfone groups is 1. The molecule has 1 aromatic rings. The maximum Gasteiger partial charge on any atom is 0.175 e. The second-order valence-electron chi connectivity index (χ2n) is 6.94. The molecule has 20 heavy (non-hydrogen) atoms. The molecule has 1 N–H and O–H groups in total. The zero-order valence-corrected chi connectivity index (χ0v) is 13.6. The van der Waals surface area contributed by atoms with Crippen LogP contribution in [0.15, 0.2) is 29.2 Å². The van der Waals surface area contributed by atoms with E-state index in [0.29, 0.717) is 22.3 Å². The normalized spacial score (nSPS) is 26.2. The third kappa shape index (κ3) is 3.75. The van der Waals surface area contributed by atoms with Crippen molar-refractivity contribution in [1.82, 2.24) is 0 Å². The molecule has 1 saturated carbocycles. The zero-order valence-electron chi connectivity index (χ0n) is 12.8. The van der Waals surface area contributed by atoms with Gasteiger partial charge in [-0.15, -0.1) is 0 Å². The summed E-state index contributed by atoms with van der Waals surface area (Å²) < 4.78 is 23.2. The Balaban J connectivity index is 2.11. The van der Waals surface area contributed by atoms with Crippen LogP contribution in [0.1, 0.15) is 40.0 Å². The second-order valence-corrected chi connectivity index (χ2v) is 8.95. The summed E-state index contributed by atoms with van der Waals surface area (Å²) in [6, 6.07) is 7.56. The molecule has 0 heterocycles. The van der Waals surface area contributed by atoms with Crippen LogP contribution in [-0.2, 0) is 9.84 Å². The fraction of sp³-hybridized carbons (Fsp3) is 0.625. The van der Waals surface area contributed by atoms with Gasteiger partial charge in [0.1, 0.15) is 0 Å². The summed E-state index contributed by atoms with van der Waals surface area (Å²) in [7, 11) is -3.14. The highest BCUT2D eigenvalue weighted by Crippen LogP contribution is 2.39. The highest BCUT2D eigenvalue weighted by molar-refractivity contribution is 7.90. The molecule has 1 aliphatic carbocycles. The SMILES string of the molecule is CC1CC(C)(C)CCC1Nc1cccc(S(C)(=O)=O)c1. The van der Waals surface area contributed by atoms with Gasteiger partial charge in [-0.05, 0) is 48.8 Å². The van der Waals surface area contributed by atoms with Gasteiger partial charge in [0.2, 0.25) is 0 Å². The van der Waals surface area contributed by atoms with Crippen molar-refractivity contribution >= 4 is 15.5 Å². The van der Waals surface area contributed by atoms with Crippen molar-refractivity contribution in [3.63, 3.8) is 0 Å². The van der Waals surface area contributed by atoms with E-state index in [9.17, 15) is 8.42 Å². The van der Waals surface area contributed by atoms with Gasteiger partial charge in [0, 0.05) is 18.0 Å². The van der Waals surface area contributed by atoms with E-state index in [4.69, 9.17) is 0 Å². The Hall–Kier alpha value is -1.03. The second kappa shape index (κ2) is 5.40. The zero-order chi connectivity index (χ0) is 15.0. The number of rotatable bonds is 3. The minimum Gasteiger partial charge on any atom is -0.382 e. The Kier molecular flexibility index (Phi) is 4.14. The first kappa shape index (κ1) is 15.4. The van der Waals surface area contributed by atoms with Crippen LogP contribution in [-0.4, -0.2) is 20.7 Å². The molecule has 112 valence electrons. The molecule has 0 aliphatic heterocycles. The largest absolute Gasteiger partial charge is 0.382 e. The average Bonchev–Trinajstić information content (AvgIpc) is 2.32. The first-order valence-corrected chi connectivity index (χ1v) is 9.13. The summed E-state index contributed by atoms with van der Waals surface area (Å²) >= 11 is 0. The maximum absolute atomic E-state index is 11.6. The molecule has 1 aromatic carbocycles. The van der Waals surface area contributed by atoms with E-state index < -0.39 is 9.84 Å². The molecular weight excluding hydrogens is 270 g/mol. The fourth-order valence-corrected chi connectivity index (χ4v) is 3.86. The number of anilines is 1. The smallest absolute Gasteiger partial charge is 0.175 e. The lowest BCUT2D eigenvalue weighted by Crippen LogP contribution is -2.36. The molecule has 1 fully saturated rings. The van der Waals surface area contributed by atoms with Gasteiger partial charge in [0.15, 0.2) is 9.84 Å². The third-order valence-corrected chi connectivity index (χ3v) is 5.42. The summed E-state index contributed by atoms with van der Waals surface area (Å²) in [5.74, 6) is 0.598. The van der Waals surface area contributed by atoms with Crippen molar-refractivity contribution in [3.05, 3.63) is 24.3 Å². The summed E-state index contributed by atoms with van der Waals surface area (Å²) in [5, 5.41) is 3.52. The van der Waals surface area contributed by atoms with Gasteiger partial charge < -0.3 is 5.32 Å². The summed E-state index contributed by atoms with van der Waals surface area (Å²) in [4.78, 5) is 0.381. The van der Waals surface area contributed by atoms with E-state index in [1.807, 2.05) is 6.07 Å². The van der Waals surface area contributed by atoms with Crippen LogP contribution in [0, 0.1) is 11.3 Å². The summed E-state index contributed by atoms with van der Waals surface area (Å²) in [6.45, 7) is 6.92. The van der Waals surface area contributed by atoms with Crippen LogP contribution in [0.5, 0.6) is 0 Å². The molecule has 0 radical (unpaired) electrons. The first-order valence-electron chi connectivity index (χ1n) is 7.24. The van der Waals surface area contributed by atoms with Crippen LogP contribution < -0.4 is 5.32 Å². The van der Waals surface area contributed by atoms with Crippen molar-refractivity contribution in [1.29, 1.82) is 0 Å². The van der Waals surface area contributed by atoms with E-state index in [1.54, 1.807) is 18.2 Å². The van der Waals surface area contributed by atoms with Crippen LogP contribution in [0.25, 0.3) is 0 Å². The Bertz CT molecular complexity index is 578. The van der Waals surface area contributed by atoms with E-state index in [1.165, 1.54) is 19.1 Å². The topological polar surface area (TPSA) is 46.2 Å². The molecule has 2 unspecified atom stereocenters. The molecule has 2 rings (SSSR count). The predicted octanol–water partition coefficient (Wildman–Crippen LogP) is 3.72. The monoisotopic (exact) mass is 295 g/mol. The molecule has 0 spiro atoms. The third-order valence-electron chi connectivity index (χ3n) is 4.31. The highest BCUT2D eigenvalue weighted by atomic mass is 32.2. The van der Waals surface area contributed by atoms with E-state index >= 15 is 0 Å². The molecule has 0 aromatic heterocycles. The highest BCUT2D eigenvalue weighted by Gasteiger charge is 2.32. The minimum atomic E-state index is -3.14. The standard InChI is InChI=1S/C16H25NO2S/c1-12-11-16(2,3)9-8-15(12)17-13-6-5-7-14(10-13)20(4,18)19/h5-7,10,12,15,17H,8-9,11H2,1-4H3. The molecule has 4 heteroatoms. The number of benzene rings is 1. The van der Waals surface area contributed by atoms with Gasteiger partial charge >= 0.3 is 0 Å². The first-order chi connectivity index (χ1) is 9.17. The van der Waals surface area contributed by atoms with Crippen LogP contribution in [0.4, 0.5) is 5.69 Å².